The van der Waals surface area contributed by atoms with Gasteiger partial charge in [0, 0.05) is 12.1 Å². The lowest BCUT2D eigenvalue weighted by molar-refractivity contribution is -0.118. The Labute approximate surface area is 154 Å². The first-order chi connectivity index (χ1) is 12.4. The van der Waals surface area contributed by atoms with Gasteiger partial charge in [0.05, 0.1) is 21.3 Å². The van der Waals surface area contributed by atoms with Crippen molar-refractivity contribution in [3.63, 3.8) is 0 Å². The summed E-state index contributed by atoms with van der Waals surface area (Å²) in [6.45, 7) is 0.660. The van der Waals surface area contributed by atoms with Crippen LogP contribution in [0.4, 0.5) is 11.4 Å². The minimum Gasteiger partial charge on any atom is -0.486 e. The molecule has 0 atom stereocenters. The molecule has 4 rings (SSSR count). The number of ether oxygens (including phenoxy) is 3. The quantitative estimate of drug-likeness (QED) is 0.824. The van der Waals surface area contributed by atoms with Crippen molar-refractivity contribution in [1.29, 1.82) is 0 Å². The molecule has 8 nitrogen and oxygen atoms in total. The molecule has 2 aromatic rings. The second-order valence-electron chi connectivity index (χ2n) is 5.58. The number of sulfonamides is 1. The van der Waals surface area contributed by atoms with Crippen molar-refractivity contribution in [2.75, 3.05) is 29.9 Å². The Hall–Kier alpha value is -2.65. The van der Waals surface area contributed by atoms with Crippen LogP contribution < -0.4 is 24.2 Å². The molecule has 0 spiro atoms. The van der Waals surface area contributed by atoms with E-state index < -0.39 is 10.0 Å². The Morgan fingerprint density at radius 1 is 1.00 bits per heavy atom. The van der Waals surface area contributed by atoms with E-state index in [4.69, 9.17) is 25.8 Å². The van der Waals surface area contributed by atoms with Gasteiger partial charge < -0.3 is 19.5 Å². The van der Waals surface area contributed by atoms with Gasteiger partial charge in [-0.15, -0.1) is 0 Å². The van der Waals surface area contributed by atoms with Crippen LogP contribution in [-0.2, 0) is 14.8 Å². The van der Waals surface area contributed by atoms with Crippen molar-refractivity contribution in [2.45, 2.75) is 4.90 Å². The lowest BCUT2D eigenvalue weighted by Gasteiger charge is -2.21. The number of fused-ring (bicyclic) bond motifs is 2. The molecule has 0 bridgehead atoms. The van der Waals surface area contributed by atoms with Crippen LogP contribution in [0.15, 0.2) is 35.2 Å². The number of carbonyl (C=O) groups is 1. The topological polar surface area (TPSA) is 103 Å². The fraction of sp³-hybridized carbons (Fsp3) is 0.188. The molecular formula is C16H13ClN2O6S. The standard InChI is InChI=1S/C16H13ClN2O6S/c17-10-6-14-15(24-4-3-23-14)7-11(10)19-26(21,22)9-1-2-13-12(5-9)18-16(20)8-25-13/h1-2,5-7,19H,3-4,8H2,(H,18,20). The molecule has 0 aromatic heterocycles. The predicted octanol–water partition coefficient (Wildman–Crippen LogP) is 2.24. The Morgan fingerprint density at radius 3 is 2.50 bits per heavy atom. The molecule has 2 aliphatic rings. The molecule has 26 heavy (non-hydrogen) atoms. The second-order valence-corrected chi connectivity index (χ2v) is 7.67. The van der Waals surface area contributed by atoms with E-state index >= 15 is 0 Å². The molecule has 2 aliphatic heterocycles. The van der Waals surface area contributed by atoms with Crippen LogP contribution in [0.25, 0.3) is 0 Å². The Balaban J connectivity index is 1.66. The zero-order valence-corrected chi connectivity index (χ0v) is 14.8. The van der Waals surface area contributed by atoms with Crippen LogP contribution in [0.3, 0.4) is 0 Å². The fourth-order valence-electron chi connectivity index (χ4n) is 2.58. The third-order valence-corrected chi connectivity index (χ3v) is 5.45. The number of amides is 1. The summed E-state index contributed by atoms with van der Waals surface area (Å²) >= 11 is 6.15. The van der Waals surface area contributed by atoms with E-state index in [9.17, 15) is 13.2 Å². The molecule has 1 amide bonds. The predicted molar refractivity (Wildman–Crippen MR) is 93.8 cm³/mol. The van der Waals surface area contributed by atoms with Crippen LogP contribution >= 0.6 is 11.6 Å². The highest BCUT2D eigenvalue weighted by molar-refractivity contribution is 7.92. The highest BCUT2D eigenvalue weighted by Crippen LogP contribution is 2.39. The van der Waals surface area contributed by atoms with Gasteiger partial charge in [-0.1, -0.05) is 11.6 Å². The van der Waals surface area contributed by atoms with E-state index in [1.165, 1.54) is 30.3 Å². The molecule has 0 saturated heterocycles. The van der Waals surface area contributed by atoms with Crippen LogP contribution in [0.5, 0.6) is 17.2 Å². The molecule has 0 radical (unpaired) electrons. The molecule has 2 aromatic carbocycles. The van der Waals surface area contributed by atoms with Crippen LogP contribution in [0, 0.1) is 0 Å². The van der Waals surface area contributed by atoms with Gasteiger partial charge in [0.25, 0.3) is 15.9 Å². The summed E-state index contributed by atoms with van der Waals surface area (Å²) in [7, 11) is -3.95. The number of halogens is 1. The van der Waals surface area contributed by atoms with Gasteiger partial charge in [-0.3, -0.25) is 9.52 Å². The summed E-state index contributed by atoms with van der Waals surface area (Å²) < 4.78 is 43.9. The van der Waals surface area contributed by atoms with Gasteiger partial charge in [0.15, 0.2) is 18.1 Å². The largest absolute Gasteiger partial charge is 0.486 e. The maximum Gasteiger partial charge on any atom is 0.262 e. The average Bonchev–Trinajstić information content (AvgIpc) is 2.61. The zero-order valence-electron chi connectivity index (χ0n) is 13.2. The van der Waals surface area contributed by atoms with Gasteiger partial charge in [-0.2, -0.15) is 0 Å². The number of carbonyl (C=O) groups excluding carboxylic acids is 1. The number of rotatable bonds is 3. The summed E-state index contributed by atoms with van der Waals surface area (Å²) in [6.07, 6.45) is 0. The normalized spacial score (nSPS) is 15.5. The van der Waals surface area contributed by atoms with Crippen molar-refractivity contribution in [3.8, 4) is 17.2 Å². The second kappa shape index (κ2) is 6.26. The van der Waals surface area contributed by atoms with Gasteiger partial charge >= 0.3 is 0 Å². The van der Waals surface area contributed by atoms with E-state index in [1.54, 1.807) is 0 Å². The molecule has 2 heterocycles. The Morgan fingerprint density at radius 2 is 1.73 bits per heavy atom. The third-order valence-electron chi connectivity index (χ3n) is 3.77. The highest BCUT2D eigenvalue weighted by Gasteiger charge is 2.23. The van der Waals surface area contributed by atoms with Gasteiger partial charge in [-0.05, 0) is 18.2 Å². The van der Waals surface area contributed by atoms with Gasteiger partial charge in [-0.25, -0.2) is 8.42 Å². The molecule has 0 aliphatic carbocycles. The number of nitrogens with one attached hydrogen (secondary N) is 2. The summed E-state index contributed by atoms with van der Waals surface area (Å²) in [6, 6.07) is 7.15. The van der Waals surface area contributed by atoms with E-state index in [0.717, 1.165) is 0 Å². The monoisotopic (exact) mass is 396 g/mol. The smallest absolute Gasteiger partial charge is 0.262 e. The van der Waals surface area contributed by atoms with Crippen molar-refractivity contribution >= 4 is 38.9 Å². The van der Waals surface area contributed by atoms with E-state index in [-0.39, 0.29) is 33.8 Å². The Bertz CT molecular complexity index is 1010. The lowest BCUT2D eigenvalue weighted by atomic mass is 10.2. The Kier molecular flexibility index (Phi) is 4.04. The van der Waals surface area contributed by atoms with Crippen LogP contribution in [0.2, 0.25) is 5.02 Å². The van der Waals surface area contributed by atoms with Gasteiger partial charge in [0.1, 0.15) is 19.0 Å². The molecule has 0 fully saturated rings. The van der Waals surface area contributed by atoms with E-state index in [0.29, 0.717) is 30.5 Å². The number of anilines is 2. The zero-order chi connectivity index (χ0) is 18.3. The number of hydrogen-bond donors (Lipinski definition) is 2. The summed E-state index contributed by atoms with van der Waals surface area (Å²) in [4.78, 5) is 11.4. The van der Waals surface area contributed by atoms with E-state index in [1.807, 2.05) is 0 Å². The molecule has 0 saturated carbocycles. The van der Waals surface area contributed by atoms with Gasteiger partial charge in [0.2, 0.25) is 0 Å². The minimum absolute atomic E-state index is 0.0481. The molecular weight excluding hydrogens is 384 g/mol. The molecule has 0 unspecified atom stereocenters. The maximum absolute atomic E-state index is 12.7. The molecule has 2 N–H and O–H groups in total. The van der Waals surface area contributed by atoms with E-state index in [2.05, 4.69) is 10.0 Å². The molecule has 10 heteroatoms. The highest BCUT2D eigenvalue weighted by atomic mass is 35.5. The SMILES string of the molecule is O=C1COc2ccc(S(=O)(=O)Nc3cc4c(cc3Cl)OCCO4)cc2N1. The first-order valence-electron chi connectivity index (χ1n) is 7.61. The average molecular weight is 397 g/mol. The molecule has 136 valence electrons. The summed E-state index contributed by atoms with van der Waals surface area (Å²) in [5, 5.41) is 2.74. The summed E-state index contributed by atoms with van der Waals surface area (Å²) in [5.74, 6) is 0.915. The number of benzene rings is 2. The van der Waals surface area contributed by atoms with Crippen LogP contribution in [-0.4, -0.2) is 34.1 Å². The first-order valence-corrected chi connectivity index (χ1v) is 9.47. The number of hydrogen-bond acceptors (Lipinski definition) is 6. The summed E-state index contributed by atoms with van der Waals surface area (Å²) in [5.41, 5.74) is 0.450. The van der Waals surface area contributed by atoms with Crippen molar-refractivity contribution in [1.82, 2.24) is 0 Å². The maximum atomic E-state index is 12.7. The minimum atomic E-state index is -3.95. The third kappa shape index (κ3) is 3.11. The first kappa shape index (κ1) is 16.8. The van der Waals surface area contributed by atoms with Crippen LogP contribution in [0.1, 0.15) is 0 Å². The fourth-order valence-corrected chi connectivity index (χ4v) is 3.93. The van der Waals surface area contributed by atoms with Crippen molar-refractivity contribution in [3.05, 3.63) is 35.4 Å². The van der Waals surface area contributed by atoms with Crippen molar-refractivity contribution in [2.24, 2.45) is 0 Å². The van der Waals surface area contributed by atoms with Crippen molar-refractivity contribution < 1.29 is 27.4 Å². The lowest BCUT2D eigenvalue weighted by Crippen LogP contribution is -2.25.